The van der Waals surface area contributed by atoms with Crippen molar-refractivity contribution in [2.75, 3.05) is 13.2 Å². The first-order chi connectivity index (χ1) is 22.0. The van der Waals surface area contributed by atoms with Crippen molar-refractivity contribution in [3.63, 3.8) is 0 Å². The van der Waals surface area contributed by atoms with Crippen LogP contribution in [0.4, 0.5) is 0 Å². The summed E-state index contributed by atoms with van der Waals surface area (Å²) in [5, 5.41) is 4.65. The van der Waals surface area contributed by atoms with E-state index in [1.54, 1.807) is 0 Å². The zero-order chi connectivity index (χ0) is 33.3. The number of ether oxygens (including phenoxy) is 2. The quantitative estimate of drug-likeness (QED) is 0.0647. The summed E-state index contributed by atoms with van der Waals surface area (Å²) in [6.07, 6.45) is 9.71. The van der Waals surface area contributed by atoms with Crippen molar-refractivity contribution >= 4 is 27.8 Å². The van der Waals surface area contributed by atoms with E-state index in [0.29, 0.717) is 30.3 Å². The van der Waals surface area contributed by atoms with Crippen LogP contribution in [0, 0.1) is 11.8 Å². The smallest absolute Gasteiger partial charge is 0.153 e. The van der Waals surface area contributed by atoms with Crippen LogP contribution in [0.2, 0.25) is 0 Å². The van der Waals surface area contributed by atoms with Crippen LogP contribution < -0.4 is 9.47 Å². The molecule has 0 bridgehead atoms. The van der Waals surface area contributed by atoms with Crippen LogP contribution in [0.1, 0.15) is 139 Å². The van der Waals surface area contributed by atoms with E-state index in [0.717, 1.165) is 53.9 Å². The van der Waals surface area contributed by atoms with Gasteiger partial charge < -0.3 is 9.47 Å². The maximum Gasteiger partial charge on any atom is 0.153 e. The second-order valence-electron chi connectivity index (χ2n) is 14.7. The molecule has 0 spiro atoms. The lowest BCUT2D eigenvalue weighted by Crippen LogP contribution is -2.11. The van der Waals surface area contributed by atoms with Crippen LogP contribution in [0.15, 0.2) is 54.6 Å². The summed E-state index contributed by atoms with van der Waals surface area (Å²) in [6.45, 7) is 19.1. The van der Waals surface area contributed by atoms with Gasteiger partial charge in [0.15, 0.2) is 6.29 Å². The van der Waals surface area contributed by atoms with Gasteiger partial charge in [-0.05, 0) is 74.5 Å². The van der Waals surface area contributed by atoms with Crippen molar-refractivity contribution in [1.82, 2.24) is 0 Å². The van der Waals surface area contributed by atoms with Crippen LogP contribution >= 0.6 is 0 Å². The third-order valence-electron chi connectivity index (χ3n) is 8.76. The Kier molecular flexibility index (Phi) is 12.0. The Morgan fingerprint density at radius 2 is 1.22 bits per heavy atom. The molecule has 0 aromatic heterocycles. The topological polar surface area (TPSA) is 35.5 Å². The fourth-order valence-corrected chi connectivity index (χ4v) is 5.75. The standard InChI is InChI=1S/C43H54O3/c1-9-11-13-15-23-45-40-28-34(30-44)41(46-24-16-14-12-10-2)27-32(40)18-21-38-37-22-20-35(42(3,4)5)26-33(37)25-31-17-19-36(29-39(31)38)43(6,7)8/h17,19-20,22,25-30H,9-16,23-24H2,1-8H3. The van der Waals surface area contributed by atoms with Crippen LogP contribution in [-0.4, -0.2) is 19.5 Å². The third-order valence-corrected chi connectivity index (χ3v) is 8.76. The molecule has 0 N–H and O–H groups in total. The molecule has 0 atom stereocenters. The lowest BCUT2D eigenvalue weighted by Gasteiger charge is -2.21. The minimum Gasteiger partial charge on any atom is -0.493 e. The van der Waals surface area contributed by atoms with Gasteiger partial charge in [-0.25, -0.2) is 0 Å². The van der Waals surface area contributed by atoms with Crippen molar-refractivity contribution < 1.29 is 14.3 Å². The van der Waals surface area contributed by atoms with Gasteiger partial charge in [0.2, 0.25) is 0 Å². The van der Waals surface area contributed by atoms with Gasteiger partial charge in [-0.1, -0.05) is 136 Å². The predicted octanol–water partition coefficient (Wildman–Crippen LogP) is 11.7. The maximum atomic E-state index is 12.2. The number of hydrogen-bond acceptors (Lipinski definition) is 3. The number of benzene rings is 4. The van der Waals surface area contributed by atoms with Crippen LogP contribution in [-0.2, 0) is 10.8 Å². The predicted molar refractivity (Wildman–Crippen MR) is 196 cm³/mol. The van der Waals surface area contributed by atoms with Crippen LogP contribution in [0.5, 0.6) is 11.5 Å². The molecule has 4 aromatic rings. The molecule has 3 heteroatoms. The number of hydrogen-bond donors (Lipinski definition) is 0. The third kappa shape index (κ3) is 8.94. The molecular weight excluding hydrogens is 564 g/mol. The average Bonchev–Trinajstić information content (AvgIpc) is 3.01. The molecule has 0 aliphatic heterocycles. The van der Waals surface area contributed by atoms with E-state index in [1.165, 1.54) is 47.6 Å². The van der Waals surface area contributed by atoms with Gasteiger partial charge in [0, 0.05) is 11.6 Å². The lowest BCUT2D eigenvalue weighted by molar-refractivity contribution is 0.111. The highest BCUT2D eigenvalue weighted by Crippen LogP contribution is 2.35. The Morgan fingerprint density at radius 3 is 1.83 bits per heavy atom. The van der Waals surface area contributed by atoms with Gasteiger partial charge in [0.1, 0.15) is 11.5 Å². The minimum absolute atomic E-state index is 0.0107. The molecule has 0 aliphatic rings. The van der Waals surface area contributed by atoms with Crippen LogP contribution in [0.3, 0.4) is 0 Å². The SMILES string of the molecule is CCCCCCOc1cc(C=O)c(OCCCCCC)cc1C#Cc1c2ccc(C(C)(C)C)cc2cc2ccc(C(C)(C)C)cc12. The highest BCUT2D eigenvalue weighted by molar-refractivity contribution is 6.05. The summed E-state index contributed by atoms with van der Waals surface area (Å²) in [4.78, 5) is 12.2. The molecule has 46 heavy (non-hydrogen) atoms. The Labute approximate surface area is 278 Å². The summed E-state index contributed by atoms with van der Waals surface area (Å²) >= 11 is 0. The molecule has 0 saturated heterocycles. The number of carbonyl (C=O) groups is 1. The highest BCUT2D eigenvalue weighted by atomic mass is 16.5. The van der Waals surface area contributed by atoms with Gasteiger partial charge in [-0.3, -0.25) is 4.79 Å². The van der Waals surface area contributed by atoms with Crippen molar-refractivity contribution in [1.29, 1.82) is 0 Å². The van der Waals surface area contributed by atoms with Gasteiger partial charge in [0.05, 0.1) is 24.3 Å². The van der Waals surface area contributed by atoms with E-state index in [2.05, 4.69) is 110 Å². The first kappa shape index (κ1) is 35.1. The second kappa shape index (κ2) is 15.7. The zero-order valence-electron chi connectivity index (χ0n) is 29.6. The summed E-state index contributed by atoms with van der Waals surface area (Å²) in [5.41, 5.74) is 4.89. The molecule has 3 nitrogen and oxygen atoms in total. The van der Waals surface area contributed by atoms with Gasteiger partial charge >= 0.3 is 0 Å². The molecule has 0 radical (unpaired) electrons. The molecule has 0 heterocycles. The van der Waals surface area contributed by atoms with E-state index in [1.807, 2.05) is 12.1 Å². The fourth-order valence-electron chi connectivity index (χ4n) is 5.75. The van der Waals surface area contributed by atoms with Crippen molar-refractivity contribution in [2.24, 2.45) is 0 Å². The maximum absolute atomic E-state index is 12.2. The van der Waals surface area contributed by atoms with Crippen molar-refractivity contribution in [3.05, 3.63) is 82.4 Å². The average molecular weight is 619 g/mol. The second-order valence-corrected chi connectivity index (χ2v) is 14.7. The summed E-state index contributed by atoms with van der Waals surface area (Å²) in [5.74, 6) is 8.32. The lowest BCUT2D eigenvalue weighted by atomic mass is 9.83. The fraction of sp³-hybridized carbons (Fsp3) is 0.465. The highest BCUT2D eigenvalue weighted by Gasteiger charge is 2.18. The minimum atomic E-state index is 0.0107. The van der Waals surface area contributed by atoms with Gasteiger partial charge in [0.25, 0.3) is 0 Å². The van der Waals surface area contributed by atoms with E-state index in [-0.39, 0.29) is 10.8 Å². The normalized spacial score (nSPS) is 11.8. The largest absolute Gasteiger partial charge is 0.493 e. The monoisotopic (exact) mass is 618 g/mol. The van der Waals surface area contributed by atoms with Gasteiger partial charge in [-0.15, -0.1) is 0 Å². The van der Waals surface area contributed by atoms with Crippen LogP contribution in [0.25, 0.3) is 21.5 Å². The molecule has 0 amide bonds. The number of aldehydes is 1. The first-order valence-electron chi connectivity index (χ1n) is 17.4. The number of unbranched alkanes of at least 4 members (excludes halogenated alkanes) is 6. The Balaban J connectivity index is 1.88. The molecule has 0 fully saturated rings. The number of rotatable bonds is 13. The Hall–Kier alpha value is -3.77. The molecule has 4 rings (SSSR count). The zero-order valence-corrected chi connectivity index (χ0v) is 29.6. The van der Waals surface area contributed by atoms with E-state index < -0.39 is 0 Å². The number of carbonyl (C=O) groups excluding carboxylic acids is 1. The van der Waals surface area contributed by atoms with E-state index in [9.17, 15) is 4.79 Å². The van der Waals surface area contributed by atoms with E-state index >= 15 is 0 Å². The molecular formula is C43H54O3. The van der Waals surface area contributed by atoms with Crippen molar-refractivity contribution in [2.45, 2.75) is 118 Å². The summed E-state index contributed by atoms with van der Waals surface area (Å²) in [7, 11) is 0. The summed E-state index contributed by atoms with van der Waals surface area (Å²) in [6, 6.07) is 19.6. The molecule has 0 unspecified atom stereocenters. The molecule has 0 aliphatic carbocycles. The number of fused-ring (bicyclic) bond motifs is 2. The summed E-state index contributed by atoms with van der Waals surface area (Å²) < 4.78 is 12.5. The molecule has 0 saturated carbocycles. The Morgan fingerprint density at radius 1 is 0.609 bits per heavy atom. The van der Waals surface area contributed by atoms with Crippen molar-refractivity contribution in [3.8, 4) is 23.3 Å². The molecule has 4 aromatic carbocycles. The van der Waals surface area contributed by atoms with Gasteiger partial charge in [-0.2, -0.15) is 0 Å². The van der Waals surface area contributed by atoms with E-state index in [4.69, 9.17) is 9.47 Å². The Bertz CT molecular complexity index is 1700. The molecule has 244 valence electrons. The first-order valence-corrected chi connectivity index (χ1v) is 17.4.